The fourth-order valence-electron chi connectivity index (χ4n) is 2.96. The van der Waals surface area contributed by atoms with Gasteiger partial charge in [-0.2, -0.15) is 27.1 Å². The van der Waals surface area contributed by atoms with Crippen molar-refractivity contribution in [3.05, 3.63) is 78.1 Å². The molecule has 164 valence electrons. The summed E-state index contributed by atoms with van der Waals surface area (Å²) in [7, 11) is 0. The van der Waals surface area contributed by atoms with Gasteiger partial charge in [-0.15, -0.1) is 0 Å². The maximum absolute atomic E-state index is 13.4. The van der Waals surface area contributed by atoms with Crippen molar-refractivity contribution in [3.63, 3.8) is 0 Å². The number of benzene rings is 2. The van der Waals surface area contributed by atoms with Crippen molar-refractivity contribution in [2.45, 2.75) is 12.1 Å². The summed E-state index contributed by atoms with van der Waals surface area (Å²) >= 11 is 0. The molecular formula is C21H14F5N5O. The Kier molecular flexibility index (Phi) is 5.25. The third kappa shape index (κ3) is 4.09. The first-order chi connectivity index (χ1) is 15.1. The highest BCUT2D eigenvalue weighted by molar-refractivity contribution is 6.07. The molecule has 6 nitrogen and oxygen atoms in total. The number of carbonyl (C=O) groups is 1. The van der Waals surface area contributed by atoms with E-state index < -0.39 is 23.6 Å². The number of nitrogens with one attached hydrogen (secondary N) is 3. The molecule has 0 fully saturated rings. The van der Waals surface area contributed by atoms with Gasteiger partial charge >= 0.3 is 12.1 Å². The van der Waals surface area contributed by atoms with Crippen LogP contribution in [0.1, 0.15) is 15.9 Å². The standard InChI is InChI=1S/C21H14F5N5O/c22-20(23,21(24,25)26)13-4-7-14(8-5-13)30-19(32)16-2-1-9-27-18(16)29-15-6-3-12-11-28-31-17(12)10-15/h1-11H,(H,27,29)(H,28,31)(H,30,32). The number of amides is 1. The lowest BCUT2D eigenvalue weighted by molar-refractivity contribution is -0.289. The maximum atomic E-state index is 13.4. The van der Waals surface area contributed by atoms with Gasteiger partial charge < -0.3 is 10.6 Å². The Morgan fingerprint density at radius 3 is 2.38 bits per heavy atom. The number of anilines is 3. The fraction of sp³-hybridized carbons (Fsp3) is 0.0952. The Bertz CT molecular complexity index is 1270. The predicted molar refractivity (Wildman–Crippen MR) is 108 cm³/mol. The fourth-order valence-corrected chi connectivity index (χ4v) is 2.96. The van der Waals surface area contributed by atoms with E-state index in [1.165, 1.54) is 18.3 Å². The van der Waals surface area contributed by atoms with Crippen molar-refractivity contribution in [1.82, 2.24) is 15.2 Å². The molecule has 2 heterocycles. The van der Waals surface area contributed by atoms with E-state index in [4.69, 9.17) is 0 Å². The van der Waals surface area contributed by atoms with Gasteiger partial charge in [0.1, 0.15) is 5.82 Å². The summed E-state index contributed by atoms with van der Waals surface area (Å²) in [6.45, 7) is 0. The highest BCUT2D eigenvalue weighted by Gasteiger charge is 2.58. The van der Waals surface area contributed by atoms with E-state index in [9.17, 15) is 26.7 Å². The van der Waals surface area contributed by atoms with Crippen LogP contribution in [-0.4, -0.2) is 27.3 Å². The molecule has 2 aromatic carbocycles. The van der Waals surface area contributed by atoms with Crippen LogP contribution in [0.2, 0.25) is 0 Å². The van der Waals surface area contributed by atoms with Crippen LogP contribution in [0.25, 0.3) is 10.9 Å². The number of rotatable bonds is 5. The number of H-pyrrole nitrogens is 1. The van der Waals surface area contributed by atoms with Crippen LogP contribution in [-0.2, 0) is 5.92 Å². The smallest absolute Gasteiger partial charge is 0.340 e. The first kappa shape index (κ1) is 21.2. The second-order valence-corrected chi connectivity index (χ2v) is 6.80. The van der Waals surface area contributed by atoms with Gasteiger partial charge in [0.2, 0.25) is 0 Å². The number of pyridine rings is 1. The molecule has 0 radical (unpaired) electrons. The largest absolute Gasteiger partial charge is 0.458 e. The van der Waals surface area contributed by atoms with Crippen molar-refractivity contribution in [2.24, 2.45) is 0 Å². The third-order valence-corrected chi connectivity index (χ3v) is 4.62. The molecule has 32 heavy (non-hydrogen) atoms. The second kappa shape index (κ2) is 7.91. The summed E-state index contributed by atoms with van der Waals surface area (Å²) in [4.78, 5) is 16.9. The first-order valence-corrected chi connectivity index (χ1v) is 9.17. The van der Waals surface area contributed by atoms with Gasteiger partial charge in [0.25, 0.3) is 5.91 Å². The van der Waals surface area contributed by atoms with Gasteiger partial charge in [-0.1, -0.05) is 12.1 Å². The summed E-state index contributed by atoms with van der Waals surface area (Å²) < 4.78 is 64.4. The SMILES string of the molecule is O=C(Nc1ccc(C(F)(F)C(F)(F)F)cc1)c1cccnc1Nc1ccc2cn[nH]c2c1. The minimum atomic E-state index is -5.72. The lowest BCUT2D eigenvalue weighted by Crippen LogP contribution is -2.33. The Balaban J connectivity index is 1.53. The van der Waals surface area contributed by atoms with Crippen LogP contribution in [0.15, 0.2) is 67.0 Å². The normalized spacial score (nSPS) is 12.0. The van der Waals surface area contributed by atoms with Crippen LogP contribution in [0.3, 0.4) is 0 Å². The van der Waals surface area contributed by atoms with Crippen LogP contribution < -0.4 is 10.6 Å². The minimum Gasteiger partial charge on any atom is -0.340 e. The zero-order valence-corrected chi connectivity index (χ0v) is 16.0. The lowest BCUT2D eigenvalue weighted by Gasteiger charge is -2.20. The molecule has 4 aromatic rings. The first-order valence-electron chi connectivity index (χ1n) is 9.17. The highest BCUT2D eigenvalue weighted by atomic mass is 19.4. The number of carbonyl (C=O) groups excluding carboxylic acids is 1. The van der Waals surface area contributed by atoms with E-state index in [-0.39, 0.29) is 17.1 Å². The van der Waals surface area contributed by atoms with Gasteiger partial charge in [0.15, 0.2) is 0 Å². The van der Waals surface area contributed by atoms with E-state index in [0.717, 1.165) is 23.0 Å². The maximum Gasteiger partial charge on any atom is 0.458 e. The van der Waals surface area contributed by atoms with Crippen LogP contribution in [0, 0.1) is 0 Å². The van der Waals surface area contributed by atoms with E-state index in [2.05, 4.69) is 25.8 Å². The number of aromatic nitrogens is 3. The Hall–Kier alpha value is -4.02. The molecule has 11 heteroatoms. The summed E-state index contributed by atoms with van der Waals surface area (Å²) in [5.74, 6) is -5.39. The molecule has 0 unspecified atom stereocenters. The predicted octanol–water partition coefficient (Wildman–Crippen LogP) is 5.61. The zero-order valence-electron chi connectivity index (χ0n) is 16.0. The molecule has 0 saturated carbocycles. The van der Waals surface area contributed by atoms with Crippen molar-refractivity contribution in [1.29, 1.82) is 0 Å². The minimum absolute atomic E-state index is 0.0467. The highest BCUT2D eigenvalue weighted by Crippen LogP contribution is 2.43. The molecule has 0 aliphatic carbocycles. The molecule has 0 spiro atoms. The Morgan fingerprint density at radius 1 is 0.938 bits per heavy atom. The van der Waals surface area contributed by atoms with Crippen molar-refractivity contribution in [2.75, 3.05) is 10.6 Å². The van der Waals surface area contributed by atoms with Gasteiger partial charge in [-0.3, -0.25) is 9.89 Å². The molecule has 0 aliphatic heterocycles. The molecule has 2 aromatic heterocycles. The number of aromatic amines is 1. The van der Waals surface area contributed by atoms with E-state index in [1.807, 2.05) is 6.07 Å². The molecule has 0 atom stereocenters. The number of alkyl halides is 5. The molecule has 0 bridgehead atoms. The second-order valence-electron chi connectivity index (χ2n) is 6.80. The van der Waals surface area contributed by atoms with Crippen molar-refractivity contribution < 1.29 is 26.7 Å². The number of nitrogens with zero attached hydrogens (tertiary/aromatic N) is 2. The zero-order chi connectivity index (χ0) is 22.9. The van der Waals surface area contributed by atoms with Crippen molar-refractivity contribution in [3.8, 4) is 0 Å². The van der Waals surface area contributed by atoms with Crippen LogP contribution in [0.5, 0.6) is 0 Å². The summed E-state index contributed by atoms with van der Waals surface area (Å²) in [5, 5.41) is 13.1. The van der Waals surface area contributed by atoms with Gasteiger partial charge in [0, 0.05) is 28.5 Å². The number of fused-ring (bicyclic) bond motifs is 1. The van der Waals surface area contributed by atoms with Crippen molar-refractivity contribution >= 4 is 34.0 Å². The third-order valence-electron chi connectivity index (χ3n) is 4.62. The molecule has 3 N–H and O–H groups in total. The summed E-state index contributed by atoms with van der Waals surface area (Å²) in [6.07, 6.45) is -2.58. The molecular weight excluding hydrogens is 433 g/mol. The topological polar surface area (TPSA) is 82.7 Å². The molecule has 4 rings (SSSR count). The average Bonchev–Trinajstić information content (AvgIpc) is 3.21. The Morgan fingerprint density at radius 2 is 1.66 bits per heavy atom. The Labute approximate surface area is 177 Å². The van der Waals surface area contributed by atoms with Gasteiger partial charge in [-0.25, -0.2) is 4.98 Å². The monoisotopic (exact) mass is 447 g/mol. The summed E-state index contributed by atoms with van der Waals surface area (Å²) in [5.41, 5.74) is 0.370. The molecule has 1 amide bonds. The molecule has 0 aliphatic rings. The lowest BCUT2D eigenvalue weighted by atomic mass is 10.1. The average molecular weight is 447 g/mol. The van der Waals surface area contributed by atoms with Crippen LogP contribution in [0.4, 0.5) is 39.1 Å². The van der Waals surface area contributed by atoms with Gasteiger partial charge in [-0.05, 0) is 42.5 Å². The number of hydrogen-bond acceptors (Lipinski definition) is 4. The van der Waals surface area contributed by atoms with Crippen LogP contribution >= 0.6 is 0 Å². The molecule has 0 saturated heterocycles. The van der Waals surface area contributed by atoms with E-state index >= 15 is 0 Å². The van der Waals surface area contributed by atoms with E-state index in [1.54, 1.807) is 18.3 Å². The quantitative estimate of drug-likeness (QED) is 0.348. The summed E-state index contributed by atoms with van der Waals surface area (Å²) in [6, 6.07) is 11.6. The van der Waals surface area contributed by atoms with E-state index in [0.29, 0.717) is 17.8 Å². The number of halogens is 5. The number of hydrogen-bond donors (Lipinski definition) is 3. The van der Waals surface area contributed by atoms with Gasteiger partial charge in [0.05, 0.1) is 17.3 Å².